The zero-order chi connectivity index (χ0) is 28.0. The Bertz CT molecular complexity index is 1570. The Morgan fingerprint density at radius 3 is 2.62 bits per heavy atom. The van der Waals surface area contributed by atoms with Gasteiger partial charge in [0.25, 0.3) is 0 Å². The number of para-hydroxylation sites is 1. The lowest BCUT2D eigenvalue weighted by molar-refractivity contribution is -0.149. The average molecular weight is 554 g/mol. The summed E-state index contributed by atoms with van der Waals surface area (Å²) in [5, 5.41) is 9.47. The number of alkyl halides is 2. The predicted octanol–water partition coefficient (Wildman–Crippen LogP) is 4.89. The lowest BCUT2D eigenvalue weighted by Gasteiger charge is -2.36. The molecule has 1 saturated heterocycles. The third-order valence-corrected chi connectivity index (χ3v) is 7.73. The van der Waals surface area contributed by atoms with Crippen molar-refractivity contribution in [2.24, 2.45) is 5.41 Å². The molecule has 0 spiro atoms. The summed E-state index contributed by atoms with van der Waals surface area (Å²) in [5.74, 6) is -0.881. The van der Waals surface area contributed by atoms with E-state index in [0.717, 1.165) is 0 Å². The molecule has 3 aromatic heterocycles. The first-order valence-electron chi connectivity index (χ1n) is 12.9. The number of aromatic nitrogens is 4. The molecule has 1 aromatic carbocycles. The van der Waals surface area contributed by atoms with Crippen molar-refractivity contribution in [3.63, 3.8) is 0 Å². The van der Waals surface area contributed by atoms with E-state index in [0.29, 0.717) is 73.1 Å². The second-order valence-electron chi connectivity index (χ2n) is 10.2. The Morgan fingerprint density at radius 2 is 1.93 bits per heavy atom. The number of carboxylic acids is 1. The van der Waals surface area contributed by atoms with Gasteiger partial charge < -0.3 is 19.5 Å². The molecule has 5 heterocycles. The summed E-state index contributed by atoms with van der Waals surface area (Å²) in [6, 6.07) is 7.75. The highest BCUT2D eigenvalue weighted by Crippen LogP contribution is 2.39. The molecule has 0 saturated carbocycles. The van der Waals surface area contributed by atoms with E-state index >= 15 is 4.39 Å². The number of pyridine rings is 1. The number of imidazole rings is 1. The van der Waals surface area contributed by atoms with Crippen LogP contribution in [0, 0.1) is 11.2 Å². The molecule has 12 heteroatoms. The second-order valence-corrected chi connectivity index (χ2v) is 10.2. The number of aliphatic carboxylic acids is 1. The van der Waals surface area contributed by atoms with Crippen molar-refractivity contribution < 1.29 is 32.5 Å². The van der Waals surface area contributed by atoms with Gasteiger partial charge in [0.05, 0.1) is 23.4 Å². The van der Waals surface area contributed by atoms with Crippen LogP contribution >= 0.6 is 0 Å². The third-order valence-electron chi connectivity index (χ3n) is 7.73. The minimum Gasteiger partial charge on any atom is -0.481 e. The van der Waals surface area contributed by atoms with Crippen molar-refractivity contribution in [3.8, 4) is 16.9 Å². The number of benzene rings is 1. The Labute approximate surface area is 227 Å². The molecule has 2 aliphatic rings. The SMILES string of the molecule is CC1(C(=O)O)CCN(c2ncc(-c3cn4c5c(nc4cc3F)CCOC5c3ccccc3OC(F)F)cn2)CC1. The van der Waals surface area contributed by atoms with Gasteiger partial charge in [-0.05, 0) is 25.8 Å². The van der Waals surface area contributed by atoms with E-state index in [9.17, 15) is 18.7 Å². The van der Waals surface area contributed by atoms with Crippen molar-refractivity contribution in [2.75, 3.05) is 24.6 Å². The topological polar surface area (TPSA) is 102 Å². The van der Waals surface area contributed by atoms with Crippen LogP contribution in [0.2, 0.25) is 0 Å². The monoisotopic (exact) mass is 553 g/mol. The number of hydrogen-bond donors (Lipinski definition) is 1. The molecule has 1 N–H and O–H groups in total. The highest BCUT2D eigenvalue weighted by molar-refractivity contribution is 5.74. The fourth-order valence-electron chi connectivity index (χ4n) is 5.33. The van der Waals surface area contributed by atoms with Crippen molar-refractivity contribution in [3.05, 3.63) is 71.7 Å². The second kappa shape index (κ2) is 10.1. The van der Waals surface area contributed by atoms with E-state index in [1.807, 2.05) is 4.90 Å². The Balaban J connectivity index is 1.34. The average Bonchev–Trinajstić information content (AvgIpc) is 3.30. The van der Waals surface area contributed by atoms with E-state index in [2.05, 4.69) is 15.0 Å². The summed E-state index contributed by atoms with van der Waals surface area (Å²) >= 11 is 0. The highest BCUT2D eigenvalue weighted by Gasteiger charge is 2.37. The number of nitrogens with zero attached hydrogens (tertiary/aromatic N) is 5. The summed E-state index contributed by atoms with van der Waals surface area (Å²) in [7, 11) is 0. The number of ether oxygens (including phenoxy) is 2. The van der Waals surface area contributed by atoms with Crippen LogP contribution in [0.5, 0.6) is 5.75 Å². The summed E-state index contributed by atoms with van der Waals surface area (Å²) < 4.78 is 54.0. The number of fused-ring (bicyclic) bond motifs is 3. The van der Waals surface area contributed by atoms with Crippen LogP contribution in [0.15, 0.2) is 48.9 Å². The Morgan fingerprint density at radius 1 is 1.20 bits per heavy atom. The first-order valence-corrected chi connectivity index (χ1v) is 12.9. The van der Waals surface area contributed by atoms with Crippen LogP contribution in [-0.2, 0) is 16.0 Å². The number of hydrogen-bond acceptors (Lipinski definition) is 7. The van der Waals surface area contributed by atoms with Gasteiger partial charge in [-0.25, -0.2) is 19.3 Å². The first kappa shape index (κ1) is 26.1. The van der Waals surface area contributed by atoms with Crippen molar-refractivity contribution >= 4 is 17.6 Å². The number of rotatable bonds is 6. The predicted molar refractivity (Wildman–Crippen MR) is 138 cm³/mol. The van der Waals surface area contributed by atoms with E-state index in [-0.39, 0.29) is 11.3 Å². The normalized spacial score (nSPS) is 18.6. The molecule has 0 amide bonds. The maximum Gasteiger partial charge on any atom is 0.387 e. The summed E-state index contributed by atoms with van der Waals surface area (Å²) in [6.45, 7) is 0.0624. The molecule has 40 heavy (non-hydrogen) atoms. The molecule has 1 atom stereocenters. The lowest BCUT2D eigenvalue weighted by Crippen LogP contribution is -2.43. The number of carboxylic acid groups (broad SMARTS) is 1. The van der Waals surface area contributed by atoms with Crippen LogP contribution < -0.4 is 9.64 Å². The molecule has 4 aromatic rings. The summed E-state index contributed by atoms with van der Waals surface area (Å²) in [6.07, 6.45) is 5.32. The van der Waals surface area contributed by atoms with Crippen LogP contribution in [0.25, 0.3) is 16.8 Å². The zero-order valence-corrected chi connectivity index (χ0v) is 21.6. The third kappa shape index (κ3) is 4.61. The van der Waals surface area contributed by atoms with Gasteiger partial charge in [-0.15, -0.1) is 0 Å². The van der Waals surface area contributed by atoms with E-state index in [1.165, 1.54) is 24.5 Å². The van der Waals surface area contributed by atoms with Crippen LogP contribution in [0.4, 0.5) is 19.1 Å². The standard InChI is InChI=1S/C28H26F3N5O4/c1-28(25(37)38)7-9-35(10-8-28)27-32-13-16(14-33-27)18-15-36-22(12-19(18)29)34-20-6-11-39-24(23(20)36)17-4-2-3-5-21(17)40-26(30)31/h2-5,12-15,24,26H,6-11H2,1H3,(H,37,38). The molecule has 2 aliphatic heterocycles. The first-order chi connectivity index (χ1) is 19.2. The largest absolute Gasteiger partial charge is 0.481 e. The lowest BCUT2D eigenvalue weighted by atomic mass is 9.80. The number of piperidine rings is 1. The molecule has 1 fully saturated rings. The summed E-state index contributed by atoms with van der Waals surface area (Å²) in [4.78, 5) is 26.9. The molecular formula is C28H26F3N5O4. The van der Waals surface area contributed by atoms with Crippen molar-refractivity contribution in [1.82, 2.24) is 19.4 Å². The van der Waals surface area contributed by atoms with Gasteiger partial charge in [-0.3, -0.25) is 9.20 Å². The molecule has 1 unspecified atom stereocenters. The van der Waals surface area contributed by atoms with Gasteiger partial charge >= 0.3 is 12.6 Å². The van der Waals surface area contributed by atoms with E-state index < -0.39 is 29.9 Å². The van der Waals surface area contributed by atoms with Crippen molar-refractivity contribution in [1.29, 1.82) is 0 Å². The van der Waals surface area contributed by atoms with Crippen molar-refractivity contribution in [2.45, 2.75) is 38.9 Å². The van der Waals surface area contributed by atoms with E-state index in [1.54, 1.807) is 35.7 Å². The smallest absolute Gasteiger partial charge is 0.387 e. The van der Waals surface area contributed by atoms with Gasteiger partial charge in [0.15, 0.2) is 0 Å². The summed E-state index contributed by atoms with van der Waals surface area (Å²) in [5.41, 5.74) is 1.98. The van der Waals surface area contributed by atoms with Crippen LogP contribution in [0.3, 0.4) is 0 Å². The number of halogens is 3. The number of carbonyl (C=O) groups is 1. The molecule has 0 radical (unpaired) electrons. The quantitative estimate of drug-likeness (QED) is 0.360. The Kier molecular flexibility index (Phi) is 6.57. The molecule has 6 rings (SSSR count). The molecular weight excluding hydrogens is 527 g/mol. The van der Waals surface area contributed by atoms with Gasteiger partial charge in [0, 0.05) is 60.9 Å². The minimum absolute atomic E-state index is 0.00185. The maximum absolute atomic E-state index is 15.3. The molecule has 0 bridgehead atoms. The minimum atomic E-state index is -3.00. The molecule has 208 valence electrons. The van der Waals surface area contributed by atoms with E-state index in [4.69, 9.17) is 9.47 Å². The van der Waals surface area contributed by atoms with Crippen LogP contribution in [-0.4, -0.2) is 56.7 Å². The van der Waals surface area contributed by atoms with Gasteiger partial charge in [0.1, 0.15) is 23.3 Å². The maximum atomic E-state index is 15.3. The zero-order valence-electron chi connectivity index (χ0n) is 21.6. The number of anilines is 1. The molecule has 0 aliphatic carbocycles. The van der Waals surface area contributed by atoms with Crippen LogP contribution in [0.1, 0.15) is 42.8 Å². The Hall–Kier alpha value is -4.19. The van der Waals surface area contributed by atoms with Gasteiger partial charge in [-0.1, -0.05) is 18.2 Å². The van der Waals surface area contributed by atoms with Gasteiger partial charge in [0.2, 0.25) is 5.95 Å². The fourth-order valence-corrected chi connectivity index (χ4v) is 5.33. The van der Waals surface area contributed by atoms with Gasteiger partial charge in [-0.2, -0.15) is 8.78 Å². The highest BCUT2D eigenvalue weighted by atomic mass is 19.3. The molecule has 9 nitrogen and oxygen atoms in total. The fraction of sp³-hybridized carbons (Fsp3) is 0.357.